The average Bonchev–Trinajstić information content (AvgIpc) is 2.52. The van der Waals surface area contributed by atoms with Crippen molar-refractivity contribution in [2.24, 2.45) is 5.92 Å². The molecule has 0 unspecified atom stereocenters. The van der Waals surface area contributed by atoms with Gasteiger partial charge in [-0.2, -0.15) is 4.31 Å². The molecule has 1 fully saturated rings. The van der Waals surface area contributed by atoms with E-state index in [4.69, 9.17) is 5.11 Å². The average molecular weight is 360 g/mol. The smallest absolute Gasteiger partial charge is 0.284 e. The second-order valence-corrected chi connectivity index (χ2v) is 8.64. The second-order valence-electron chi connectivity index (χ2n) is 5.57. The van der Waals surface area contributed by atoms with E-state index in [1.165, 1.54) is 16.4 Å². The third kappa shape index (κ3) is 4.23. The Balaban J connectivity index is 2.35. The summed E-state index contributed by atoms with van der Waals surface area (Å²) < 4.78 is 26.8. The van der Waals surface area contributed by atoms with Gasteiger partial charge < -0.3 is 5.11 Å². The minimum Gasteiger partial charge on any atom is -0.396 e. The highest BCUT2D eigenvalue weighted by Crippen LogP contribution is 2.33. The van der Waals surface area contributed by atoms with Gasteiger partial charge in [-0.3, -0.25) is 10.1 Å². The van der Waals surface area contributed by atoms with Crippen molar-refractivity contribution in [2.45, 2.75) is 29.6 Å². The molecule has 0 radical (unpaired) electrons. The summed E-state index contributed by atoms with van der Waals surface area (Å²) in [6.07, 6.45) is 1.79. The van der Waals surface area contributed by atoms with Crippen molar-refractivity contribution in [3.8, 4) is 0 Å². The molecular weight excluding hydrogens is 340 g/mol. The van der Waals surface area contributed by atoms with Crippen LogP contribution in [-0.4, -0.2) is 48.2 Å². The first-order valence-corrected chi connectivity index (χ1v) is 9.81. The minimum absolute atomic E-state index is 0.0494. The van der Waals surface area contributed by atoms with E-state index in [0.29, 0.717) is 23.7 Å². The van der Waals surface area contributed by atoms with E-state index in [9.17, 15) is 18.5 Å². The summed E-state index contributed by atoms with van der Waals surface area (Å²) >= 11 is 1.13. The largest absolute Gasteiger partial charge is 0.396 e. The maximum Gasteiger partial charge on any atom is 0.284 e. The summed E-state index contributed by atoms with van der Waals surface area (Å²) in [7, 11) is -3.72. The number of benzene rings is 1. The van der Waals surface area contributed by atoms with Crippen LogP contribution in [0.25, 0.3) is 0 Å². The highest BCUT2D eigenvalue weighted by Gasteiger charge is 2.30. The number of aliphatic hydroxyl groups is 1. The maximum atomic E-state index is 12.7. The Morgan fingerprint density at radius 1 is 1.48 bits per heavy atom. The van der Waals surface area contributed by atoms with E-state index in [1.54, 1.807) is 0 Å². The van der Waals surface area contributed by atoms with Crippen molar-refractivity contribution >= 4 is 27.5 Å². The standard InChI is InChI=1S/C14H20N2O5S2/c1-11-3-2-6-15(10-11)23(20,21)12-4-5-14(22-8-7-17)13(9-12)16(18)19/h4-5,9,11,17H,2-3,6-8,10H2,1H3/t11-/m0/s1. The Morgan fingerprint density at radius 2 is 2.22 bits per heavy atom. The van der Waals surface area contributed by atoms with Crippen LogP contribution in [0.15, 0.2) is 28.0 Å². The van der Waals surface area contributed by atoms with Gasteiger partial charge in [0.05, 0.1) is 21.3 Å². The molecule has 0 spiro atoms. The molecule has 9 heteroatoms. The molecule has 0 saturated carbocycles. The van der Waals surface area contributed by atoms with Crippen molar-refractivity contribution in [2.75, 3.05) is 25.4 Å². The first-order chi connectivity index (χ1) is 10.9. The Labute approximate surface area is 139 Å². The topological polar surface area (TPSA) is 101 Å². The number of rotatable bonds is 6. The van der Waals surface area contributed by atoms with Crippen LogP contribution in [0, 0.1) is 16.0 Å². The molecule has 7 nitrogen and oxygen atoms in total. The third-order valence-electron chi connectivity index (χ3n) is 3.73. The molecule has 23 heavy (non-hydrogen) atoms. The Bertz CT molecular complexity index is 678. The predicted molar refractivity (Wildman–Crippen MR) is 88.1 cm³/mol. The molecule has 0 bridgehead atoms. The summed E-state index contributed by atoms with van der Waals surface area (Å²) in [6, 6.07) is 3.97. The normalized spacial score (nSPS) is 19.7. The van der Waals surface area contributed by atoms with Crippen LogP contribution in [0.2, 0.25) is 0 Å². The number of thioether (sulfide) groups is 1. The first-order valence-electron chi connectivity index (χ1n) is 7.38. The van der Waals surface area contributed by atoms with E-state index in [1.807, 2.05) is 6.92 Å². The fourth-order valence-corrected chi connectivity index (χ4v) is 4.97. The number of hydrogen-bond acceptors (Lipinski definition) is 6. The number of nitro groups is 1. The van der Waals surface area contributed by atoms with Gasteiger partial charge in [-0.05, 0) is 30.9 Å². The zero-order chi connectivity index (χ0) is 17.0. The number of nitro benzene ring substituents is 1. The van der Waals surface area contributed by atoms with Gasteiger partial charge in [-0.1, -0.05) is 6.92 Å². The molecule has 0 aromatic heterocycles. The van der Waals surface area contributed by atoms with E-state index < -0.39 is 14.9 Å². The monoisotopic (exact) mass is 360 g/mol. The van der Waals surface area contributed by atoms with Gasteiger partial charge in [0, 0.05) is 24.9 Å². The van der Waals surface area contributed by atoms with E-state index in [0.717, 1.165) is 30.7 Å². The van der Waals surface area contributed by atoms with Gasteiger partial charge in [0.25, 0.3) is 5.69 Å². The molecule has 1 aliphatic rings. The molecule has 1 atom stereocenters. The molecule has 1 aliphatic heterocycles. The first kappa shape index (κ1) is 18.2. The maximum absolute atomic E-state index is 12.7. The van der Waals surface area contributed by atoms with Crippen LogP contribution in [0.5, 0.6) is 0 Å². The highest BCUT2D eigenvalue weighted by molar-refractivity contribution is 7.99. The molecule has 1 heterocycles. The summed E-state index contributed by atoms with van der Waals surface area (Å²) in [5.41, 5.74) is -0.241. The summed E-state index contributed by atoms with van der Waals surface area (Å²) in [6.45, 7) is 2.78. The Kier molecular flexibility index (Phi) is 6.01. The quantitative estimate of drug-likeness (QED) is 0.474. The Morgan fingerprint density at radius 3 is 2.83 bits per heavy atom. The molecule has 0 amide bonds. The van der Waals surface area contributed by atoms with Gasteiger partial charge in [-0.25, -0.2) is 8.42 Å². The lowest BCUT2D eigenvalue weighted by Crippen LogP contribution is -2.39. The lowest BCUT2D eigenvalue weighted by Gasteiger charge is -2.30. The van der Waals surface area contributed by atoms with Gasteiger partial charge in [0.2, 0.25) is 10.0 Å². The molecular formula is C14H20N2O5S2. The molecule has 1 N–H and O–H groups in total. The zero-order valence-corrected chi connectivity index (χ0v) is 14.5. The van der Waals surface area contributed by atoms with Crippen molar-refractivity contribution < 1.29 is 18.4 Å². The van der Waals surface area contributed by atoms with Gasteiger partial charge >= 0.3 is 0 Å². The van der Waals surface area contributed by atoms with Gasteiger partial charge in [0.1, 0.15) is 0 Å². The lowest BCUT2D eigenvalue weighted by molar-refractivity contribution is -0.388. The number of nitrogens with zero attached hydrogens (tertiary/aromatic N) is 2. The van der Waals surface area contributed by atoms with E-state index >= 15 is 0 Å². The van der Waals surface area contributed by atoms with E-state index in [-0.39, 0.29) is 23.1 Å². The number of sulfonamides is 1. The Hall–Kier alpha value is -1.16. The van der Waals surface area contributed by atoms with Gasteiger partial charge in [0.15, 0.2) is 0 Å². The summed E-state index contributed by atoms with van der Waals surface area (Å²) in [4.78, 5) is 10.9. The molecule has 2 rings (SSSR count). The summed E-state index contributed by atoms with van der Waals surface area (Å²) in [5, 5.41) is 20.1. The fraction of sp³-hybridized carbons (Fsp3) is 0.571. The van der Waals surface area contributed by atoms with Crippen LogP contribution >= 0.6 is 11.8 Å². The number of aliphatic hydroxyl groups excluding tert-OH is 1. The zero-order valence-electron chi connectivity index (χ0n) is 12.8. The SMILES string of the molecule is C[C@H]1CCCN(S(=O)(=O)c2ccc(SCCO)c([N+](=O)[O-])c2)C1. The molecule has 1 aromatic rings. The van der Waals surface area contributed by atoms with Crippen LogP contribution in [0.1, 0.15) is 19.8 Å². The van der Waals surface area contributed by atoms with Crippen LogP contribution < -0.4 is 0 Å². The van der Waals surface area contributed by atoms with Crippen molar-refractivity contribution in [3.05, 3.63) is 28.3 Å². The molecule has 0 aliphatic carbocycles. The third-order valence-corrected chi connectivity index (χ3v) is 6.64. The minimum atomic E-state index is -3.72. The van der Waals surface area contributed by atoms with Gasteiger partial charge in [-0.15, -0.1) is 11.8 Å². The van der Waals surface area contributed by atoms with Crippen molar-refractivity contribution in [1.82, 2.24) is 4.31 Å². The molecule has 128 valence electrons. The fourth-order valence-electron chi connectivity index (χ4n) is 2.59. The number of hydrogen-bond donors (Lipinski definition) is 1. The summed E-state index contributed by atoms with van der Waals surface area (Å²) in [5.74, 6) is 0.601. The second kappa shape index (κ2) is 7.61. The van der Waals surface area contributed by atoms with E-state index in [2.05, 4.69) is 0 Å². The molecule has 1 saturated heterocycles. The van der Waals surface area contributed by atoms with Crippen LogP contribution in [0.3, 0.4) is 0 Å². The predicted octanol–water partition coefficient (Wildman–Crippen LogP) is 2.10. The van der Waals surface area contributed by atoms with Crippen LogP contribution in [0.4, 0.5) is 5.69 Å². The number of piperidine rings is 1. The molecule has 1 aromatic carbocycles. The highest BCUT2D eigenvalue weighted by atomic mass is 32.2. The van der Waals surface area contributed by atoms with Crippen molar-refractivity contribution in [1.29, 1.82) is 0 Å². The van der Waals surface area contributed by atoms with Crippen LogP contribution in [-0.2, 0) is 10.0 Å². The lowest BCUT2D eigenvalue weighted by atomic mass is 10.0. The van der Waals surface area contributed by atoms with Crippen molar-refractivity contribution in [3.63, 3.8) is 0 Å².